The van der Waals surface area contributed by atoms with Crippen molar-refractivity contribution in [3.8, 4) is 5.75 Å². The molecule has 1 aromatic rings. The van der Waals surface area contributed by atoms with E-state index in [-0.39, 0.29) is 0 Å². The van der Waals surface area contributed by atoms with Gasteiger partial charge in [-0.15, -0.1) is 0 Å². The molecule has 4 N–H and O–H groups in total. The van der Waals surface area contributed by atoms with Gasteiger partial charge < -0.3 is 19.9 Å². The SMILES string of the molecule is CCC[NH+]1CC[NH+]([C@@H]2C[NH2+]Cc3cccc(OCC)c32)CC1. The van der Waals surface area contributed by atoms with Gasteiger partial charge in [0, 0.05) is 5.56 Å². The highest BCUT2D eigenvalue weighted by atomic mass is 16.5. The third-order valence-corrected chi connectivity index (χ3v) is 5.27. The predicted molar refractivity (Wildman–Crippen MR) is 87.4 cm³/mol. The Labute approximate surface area is 134 Å². The molecule has 22 heavy (non-hydrogen) atoms. The quantitative estimate of drug-likeness (QED) is 0.602. The Hall–Kier alpha value is -1.10. The standard InChI is InChI=1S/C18H29N3O/c1-3-8-20-9-11-21(12-10-20)16-14-19-13-15-6-5-7-17(18(15)16)22-4-2/h5-7,16,19H,3-4,8-14H2,1-2H3/p+3/t16-/m1/s1. The van der Waals surface area contributed by atoms with Crippen molar-refractivity contribution in [2.24, 2.45) is 0 Å². The van der Waals surface area contributed by atoms with E-state index in [4.69, 9.17) is 4.74 Å². The second-order valence-electron chi connectivity index (χ2n) is 6.70. The second kappa shape index (κ2) is 7.44. The van der Waals surface area contributed by atoms with Crippen LogP contribution in [0.1, 0.15) is 37.4 Å². The number of fused-ring (bicyclic) bond motifs is 1. The minimum Gasteiger partial charge on any atom is -0.493 e. The molecule has 1 saturated heterocycles. The van der Waals surface area contributed by atoms with Gasteiger partial charge in [0.2, 0.25) is 0 Å². The van der Waals surface area contributed by atoms with E-state index in [2.05, 4.69) is 37.4 Å². The number of ether oxygens (including phenoxy) is 1. The lowest BCUT2D eigenvalue weighted by molar-refractivity contribution is -1.03. The molecule has 3 rings (SSSR count). The first-order chi connectivity index (χ1) is 10.8. The molecule has 0 aliphatic carbocycles. The lowest BCUT2D eigenvalue weighted by Crippen LogP contribution is -3.29. The molecule has 2 aliphatic heterocycles. The summed E-state index contributed by atoms with van der Waals surface area (Å²) in [7, 11) is 0. The van der Waals surface area contributed by atoms with Gasteiger partial charge in [0.1, 0.15) is 45.0 Å². The van der Waals surface area contributed by atoms with Crippen LogP contribution in [-0.2, 0) is 6.54 Å². The molecular weight excluding hydrogens is 274 g/mol. The summed E-state index contributed by atoms with van der Waals surface area (Å²) in [6.07, 6.45) is 1.30. The summed E-state index contributed by atoms with van der Waals surface area (Å²) in [5.41, 5.74) is 2.99. The number of hydrogen-bond donors (Lipinski definition) is 3. The molecule has 4 heteroatoms. The normalized spacial score (nSPS) is 28.2. The molecule has 4 nitrogen and oxygen atoms in total. The lowest BCUT2D eigenvalue weighted by atomic mass is 9.94. The molecule has 1 atom stereocenters. The molecule has 122 valence electrons. The first-order valence-electron chi connectivity index (χ1n) is 9.07. The number of rotatable bonds is 5. The highest BCUT2D eigenvalue weighted by Crippen LogP contribution is 2.28. The second-order valence-corrected chi connectivity index (χ2v) is 6.70. The van der Waals surface area contributed by atoms with Crippen LogP contribution in [0.25, 0.3) is 0 Å². The summed E-state index contributed by atoms with van der Waals surface area (Å²) in [4.78, 5) is 3.56. The van der Waals surface area contributed by atoms with Crippen molar-refractivity contribution in [2.45, 2.75) is 32.9 Å². The van der Waals surface area contributed by atoms with Gasteiger partial charge in [-0.1, -0.05) is 19.1 Å². The Morgan fingerprint density at radius 3 is 2.73 bits per heavy atom. The van der Waals surface area contributed by atoms with Crippen molar-refractivity contribution in [1.29, 1.82) is 0 Å². The fourth-order valence-corrected chi connectivity index (χ4v) is 4.22. The van der Waals surface area contributed by atoms with Crippen molar-refractivity contribution < 1.29 is 19.9 Å². The summed E-state index contributed by atoms with van der Waals surface area (Å²) in [5, 5.41) is 2.47. The van der Waals surface area contributed by atoms with E-state index in [1.54, 1.807) is 9.80 Å². The maximum absolute atomic E-state index is 5.95. The van der Waals surface area contributed by atoms with Gasteiger partial charge in [-0.2, -0.15) is 0 Å². The molecule has 0 spiro atoms. The minimum atomic E-state index is 0.606. The van der Waals surface area contributed by atoms with Crippen LogP contribution in [0.5, 0.6) is 5.75 Å². The molecule has 1 aromatic carbocycles. The molecule has 0 radical (unpaired) electrons. The van der Waals surface area contributed by atoms with Crippen molar-refractivity contribution in [2.75, 3.05) is 45.9 Å². The minimum absolute atomic E-state index is 0.606. The summed E-state index contributed by atoms with van der Waals surface area (Å²) in [6, 6.07) is 7.21. The number of nitrogens with two attached hydrogens (primary N) is 1. The Kier molecular flexibility index (Phi) is 5.34. The highest BCUT2D eigenvalue weighted by molar-refractivity contribution is 5.42. The molecule has 2 aliphatic rings. The molecule has 0 unspecified atom stereocenters. The van der Waals surface area contributed by atoms with Crippen molar-refractivity contribution >= 4 is 0 Å². The van der Waals surface area contributed by atoms with E-state index in [1.165, 1.54) is 56.8 Å². The molecular formula is C18H32N3O+3. The molecule has 2 heterocycles. The Balaban J connectivity index is 1.77. The number of quaternary nitrogens is 3. The predicted octanol–water partition coefficient (Wildman–Crippen LogP) is -1.60. The highest BCUT2D eigenvalue weighted by Gasteiger charge is 2.37. The van der Waals surface area contributed by atoms with Crippen LogP contribution in [0.3, 0.4) is 0 Å². The van der Waals surface area contributed by atoms with E-state index < -0.39 is 0 Å². The molecule has 0 aromatic heterocycles. The van der Waals surface area contributed by atoms with Gasteiger partial charge in [0.15, 0.2) is 6.04 Å². The van der Waals surface area contributed by atoms with Crippen molar-refractivity contribution in [3.63, 3.8) is 0 Å². The smallest absolute Gasteiger partial charge is 0.167 e. The van der Waals surface area contributed by atoms with Gasteiger partial charge >= 0.3 is 0 Å². The zero-order chi connectivity index (χ0) is 15.4. The average Bonchev–Trinajstić information content (AvgIpc) is 2.56. The largest absolute Gasteiger partial charge is 0.493 e. The summed E-state index contributed by atoms with van der Waals surface area (Å²) < 4.78 is 5.95. The maximum atomic E-state index is 5.95. The Bertz CT molecular complexity index is 483. The Morgan fingerprint density at radius 2 is 2.00 bits per heavy atom. The maximum Gasteiger partial charge on any atom is 0.167 e. The zero-order valence-corrected chi connectivity index (χ0v) is 14.2. The van der Waals surface area contributed by atoms with Gasteiger partial charge in [-0.3, -0.25) is 0 Å². The number of hydrogen-bond acceptors (Lipinski definition) is 1. The molecule has 0 saturated carbocycles. The fourth-order valence-electron chi connectivity index (χ4n) is 4.22. The third-order valence-electron chi connectivity index (χ3n) is 5.27. The third kappa shape index (κ3) is 3.29. The Morgan fingerprint density at radius 1 is 1.18 bits per heavy atom. The van der Waals surface area contributed by atoms with Crippen LogP contribution in [0.2, 0.25) is 0 Å². The van der Waals surface area contributed by atoms with E-state index >= 15 is 0 Å². The van der Waals surface area contributed by atoms with Crippen LogP contribution in [0, 0.1) is 0 Å². The first kappa shape index (κ1) is 15.8. The van der Waals surface area contributed by atoms with Gasteiger partial charge in [0.05, 0.1) is 18.7 Å². The zero-order valence-electron chi connectivity index (χ0n) is 14.2. The van der Waals surface area contributed by atoms with E-state index in [0.717, 1.165) is 18.9 Å². The van der Waals surface area contributed by atoms with E-state index in [1.807, 2.05) is 0 Å². The number of piperazine rings is 1. The summed E-state index contributed by atoms with van der Waals surface area (Å²) >= 11 is 0. The topological polar surface area (TPSA) is 34.7 Å². The fraction of sp³-hybridized carbons (Fsp3) is 0.667. The molecule has 0 amide bonds. The van der Waals surface area contributed by atoms with Crippen LogP contribution in [0.4, 0.5) is 0 Å². The van der Waals surface area contributed by atoms with Gasteiger partial charge in [-0.25, -0.2) is 0 Å². The van der Waals surface area contributed by atoms with Crippen molar-refractivity contribution in [3.05, 3.63) is 29.3 Å². The van der Waals surface area contributed by atoms with Crippen LogP contribution < -0.4 is 19.9 Å². The van der Waals surface area contributed by atoms with Crippen LogP contribution in [-0.4, -0.2) is 45.9 Å². The lowest BCUT2D eigenvalue weighted by Gasteiger charge is -2.36. The van der Waals surface area contributed by atoms with Gasteiger partial charge in [0.25, 0.3) is 0 Å². The van der Waals surface area contributed by atoms with Gasteiger partial charge in [-0.05, 0) is 19.4 Å². The summed E-state index contributed by atoms with van der Waals surface area (Å²) in [6.45, 7) is 14.0. The first-order valence-corrected chi connectivity index (χ1v) is 9.07. The number of benzene rings is 1. The molecule has 0 bridgehead atoms. The molecule has 1 fully saturated rings. The summed E-state index contributed by atoms with van der Waals surface area (Å²) in [5.74, 6) is 1.13. The van der Waals surface area contributed by atoms with E-state index in [9.17, 15) is 0 Å². The van der Waals surface area contributed by atoms with Crippen LogP contribution >= 0.6 is 0 Å². The van der Waals surface area contributed by atoms with Crippen LogP contribution in [0.15, 0.2) is 18.2 Å². The average molecular weight is 306 g/mol. The van der Waals surface area contributed by atoms with E-state index in [0.29, 0.717) is 6.04 Å². The van der Waals surface area contributed by atoms with Crippen molar-refractivity contribution in [1.82, 2.24) is 0 Å². The number of nitrogens with one attached hydrogen (secondary N) is 2. The monoisotopic (exact) mass is 306 g/mol.